The quantitative estimate of drug-likeness (QED) is 0.164. The third kappa shape index (κ3) is 4.01. The van der Waals surface area contributed by atoms with Gasteiger partial charge in [0.2, 0.25) is 0 Å². The van der Waals surface area contributed by atoms with Crippen LogP contribution in [0.5, 0.6) is 0 Å². The molecule has 5 aromatic rings. The van der Waals surface area contributed by atoms with Gasteiger partial charge >= 0.3 is 0 Å². The summed E-state index contributed by atoms with van der Waals surface area (Å²) in [6.45, 7) is 0. The van der Waals surface area contributed by atoms with E-state index in [1.165, 1.54) is 0 Å². The molecule has 4 N–H and O–H groups in total. The highest BCUT2D eigenvalue weighted by molar-refractivity contribution is 6.39. The normalized spacial score (nSPS) is 18.6. The van der Waals surface area contributed by atoms with Gasteiger partial charge in [-0.2, -0.15) is 0 Å². The first-order valence-corrected chi connectivity index (χ1v) is 14.9. The number of fused-ring (bicyclic) bond motifs is 4. The zero-order valence-corrected chi connectivity index (χ0v) is 24.3. The zero-order chi connectivity index (χ0) is 30.8. The van der Waals surface area contributed by atoms with E-state index in [-0.39, 0.29) is 11.8 Å². The van der Waals surface area contributed by atoms with Gasteiger partial charge in [0.15, 0.2) is 0 Å². The van der Waals surface area contributed by atoms with Crippen LogP contribution in [-0.4, -0.2) is 23.5 Å². The summed E-state index contributed by atoms with van der Waals surface area (Å²) in [7, 11) is 0. The molecular weight excluding hydrogens is 572 g/mol. The highest BCUT2D eigenvalue weighted by Gasteiger charge is 2.33. The third-order valence-electron chi connectivity index (χ3n) is 8.55. The van der Waals surface area contributed by atoms with Crippen molar-refractivity contribution in [2.24, 2.45) is 9.98 Å². The highest BCUT2D eigenvalue weighted by atomic mass is 16.2. The van der Waals surface area contributed by atoms with Crippen molar-refractivity contribution in [3.05, 3.63) is 155 Å². The number of aliphatic imine (C=N–C) groups is 2. The summed E-state index contributed by atoms with van der Waals surface area (Å²) in [6, 6.07) is 39.1. The van der Waals surface area contributed by atoms with E-state index < -0.39 is 0 Å². The smallest absolute Gasteiger partial charge is 0.258 e. The molecule has 4 aliphatic heterocycles. The molecule has 0 aliphatic carbocycles. The Labute approximate surface area is 263 Å². The zero-order valence-electron chi connectivity index (χ0n) is 24.3. The molecule has 4 aliphatic rings. The number of benzene rings is 5. The van der Waals surface area contributed by atoms with Crippen LogP contribution in [0.3, 0.4) is 0 Å². The molecule has 0 saturated heterocycles. The van der Waals surface area contributed by atoms with E-state index in [1.807, 2.05) is 121 Å². The summed E-state index contributed by atoms with van der Waals surface area (Å²) in [5.74, 6) is 1.05. The van der Waals surface area contributed by atoms with Crippen molar-refractivity contribution in [2.45, 2.75) is 0 Å². The number of nitrogens with one attached hydrogen (secondary N) is 4. The number of hydrogen-bond acceptors (Lipinski definition) is 6. The molecule has 2 amide bonds. The van der Waals surface area contributed by atoms with Crippen LogP contribution >= 0.6 is 0 Å². The van der Waals surface area contributed by atoms with Gasteiger partial charge < -0.3 is 21.3 Å². The summed E-state index contributed by atoms with van der Waals surface area (Å²) >= 11 is 0. The second kappa shape index (κ2) is 10.0. The Hall–Kier alpha value is -6.54. The lowest BCUT2D eigenvalue weighted by molar-refractivity contribution is -0.111. The van der Waals surface area contributed by atoms with Gasteiger partial charge in [-0.15, -0.1) is 0 Å². The van der Waals surface area contributed by atoms with Crippen molar-refractivity contribution in [2.75, 3.05) is 21.3 Å². The van der Waals surface area contributed by atoms with Crippen LogP contribution in [0, 0.1) is 0 Å². The predicted octanol–water partition coefficient (Wildman–Crippen LogP) is 7.07. The van der Waals surface area contributed by atoms with Crippen LogP contribution in [0.15, 0.2) is 131 Å². The van der Waals surface area contributed by atoms with Gasteiger partial charge in [0.05, 0.1) is 22.5 Å². The Morgan fingerprint density at radius 2 is 0.761 bits per heavy atom. The Kier molecular flexibility index (Phi) is 5.63. The minimum absolute atomic E-state index is 0.153. The van der Waals surface area contributed by atoms with Crippen LogP contribution in [0.25, 0.3) is 22.5 Å². The molecule has 4 heterocycles. The SMILES string of the molecule is O=C1Nc2ccccc2C1=C1N=C(Nc2ccc(NC3=NC(=C4C(=O)Nc5ccccc54)c4ccccc43)cc2)c2ccccc21. The van der Waals surface area contributed by atoms with Crippen molar-refractivity contribution in [1.82, 2.24) is 0 Å². The van der Waals surface area contributed by atoms with Crippen LogP contribution in [0.4, 0.5) is 22.7 Å². The first kappa shape index (κ1) is 25.9. The van der Waals surface area contributed by atoms with E-state index >= 15 is 0 Å². The lowest BCUT2D eigenvalue weighted by Gasteiger charge is -2.10. The maximum absolute atomic E-state index is 13.0. The molecule has 0 radical (unpaired) electrons. The van der Waals surface area contributed by atoms with Crippen molar-refractivity contribution in [3.8, 4) is 0 Å². The number of amidine groups is 2. The molecule has 0 spiro atoms. The monoisotopic (exact) mass is 596 g/mol. The molecule has 0 saturated carbocycles. The minimum Gasteiger partial charge on any atom is -0.340 e. The van der Waals surface area contributed by atoms with Crippen LogP contribution in [0.2, 0.25) is 0 Å². The molecule has 8 nitrogen and oxygen atoms in total. The second-order valence-electron chi connectivity index (χ2n) is 11.3. The van der Waals surface area contributed by atoms with Crippen LogP contribution in [0.1, 0.15) is 33.4 Å². The minimum atomic E-state index is -0.153. The summed E-state index contributed by atoms with van der Waals surface area (Å²) in [5.41, 5.74) is 11.1. The third-order valence-corrected chi connectivity index (χ3v) is 8.55. The van der Waals surface area contributed by atoms with Crippen molar-refractivity contribution < 1.29 is 9.59 Å². The Morgan fingerprint density at radius 3 is 1.17 bits per heavy atom. The van der Waals surface area contributed by atoms with Crippen molar-refractivity contribution in [3.63, 3.8) is 0 Å². The number of para-hydroxylation sites is 2. The van der Waals surface area contributed by atoms with Gasteiger partial charge in [0, 0.05) is 56.1 Å². The predicted molar refractivity (Wildman–Crippen MR) is 183 cm³/mol. The molecule has 46 heavy (non-hydrogen) atoms. The second-order valence-corrected chi connectivity index (χ2v) is 11.3. The molecule has 0 atom stereocenters. The van der Waals surface area contributed by atoms with E-state index in [4.69, 9.17) is 9.98 Å². The van der Waals surface area contributed by atoms with E-state index in [2.05, 4.69) is 21.3 Å². The largest absolute Gasteiger partial charge is 0.340 e. The van der Waals surface area contributed by atoms with Gasteiger partial charge in [0.25, 0.3) is 11.8 Å². The molecule has 218 valence electrons. The molecule has 0 bridgehead atoms. The average Bonchev–Trinajstić information content (AvgIpc) is 3.81. The topological polar surface area (TPSA) is 107 Å². The van der Waals surface area contributed by atoms with Gasteiger partial charge in [-0.3, -0.25) is 9.59 Å². The highest BCUT2D eigenvalue weighted by Crippen LogP contribution is 2.42. The van der Waals surface area contributed by atoms with Crippen molar-refractivity contribution in [1.29, 1.82) is 0 Å². The first-order valence-electron chi connectivity index (χ1n) is 14.9. The Morgan fingerprint density at radius 1 is 0.413 bits per heavy atom. The van der Waals surface area contributed by atoms with E-state index in [9.17, 15) is 9.59 Å². The fraction of sp³-hybridized carbons (Fsp3) is 0. The molecule has 0 aromatic heterocycles. The number of nitrogens with zero attached hydrogens (tertiary/aromatic N) is 2. The van der Waals surface area contributed by atoms with E-state index in [0.717, 1.165) is 56.1 Å². The lowest BCUT2D eigenvalue weighted by atomic mass is 9.99. The molecule has 5 aromatic carbocycles. The molecule has 0 unspecified atom stereocenters. The first-order chi connectivity index (χ1) is 22.6. The summed E-state index contributed by atoms with van der Waals surface area (Å²) in [4.78, 5) is 35.9. The van der Waals surface area contributed by atoms with Crippen LogP contribution < -0.4 is 21.3 Å². The van der Waals surface area contributed by atoms with Crippen molar-refractivity contribution >= 4 is 68.8 Å². The number of anilines is 4. The summed E-state index contributed by atoms with van der Waals surface area (Å²) in [6.07, 6.45) is 0. The number of amides is 2. The fourth-order valence-electron chi connectivity index (χ4n) is 6.44. The molecule has 8 heteroatoms. The Bertz CT molecular complexity index is 2130. The molecule has 9 rings (SSSR count). The number of hydrogen-bond donors (Lipinski definition) is 4. The van der Waals surface area contributed by atoms with Gasteiger partial charge in [-0.05, 0) is 36.4 Å². The molecule has 0 fully saturated rings. The van der Waals surface area contributed by atoms with E-state index in [0.29, 0.717) is 34.2 Å². The average molecular weight is 597 g/mol. The van der Waals surface area contributed by atoms with E-state index in [1.54, 1.807) is 0 Å². The van der Waals surface area contributed by atoms with Crippen LogP contribution in [-0.2, 0) is 9.59 Å². The molecular formula is C38H24N6O2. The maximum atomic E-state index is 13.0. The Balaban J connectivity index is 1.02. The maximum Gasteiger partial charge on any atom is 0.258 e. The van der Waals surface area contributed by atoms with Gasteiger partial charge in [0.1, 0.15) is 11.7 Å². The fourth-order valence-corrected chi connectivity index (χ4v) is 6.44. The number of rotatable bonds is 2. The summed E-state index contributed by atoms with van der Waals surface area (Å²) < 4.78 is 0. The standard InChI is InChI=1S/C38H24N6O2/c45-37-31(27-13-5-7-15-29(27)41-37)33-23-9-1-3-11-25(23)35(43-33)39-21-17-19-22(20-18-21)40-36-26-12-4-2-10-24(26)34(44-36)32-28-14-6-8-16-30(28)42-38(32)46/h1-20H,(H,39,43)(H,40,44)(H,41,45)(H,42,46). The number of carbonyl (C=O) groups is 2. The lowest BCUT2D eigenvalue weighted by Crippen LogP contribution is -2.13. The van der Waals surface area contributed by atoms with Gasteiger partial charge in [-0.25, -0.2) is 9.98 Å². The number of carbonyl (C=O) groups excluding carboxylic acids is 2. The van der Waals surface area contributed by atoms with Gasteiger partial charge in [-0.1, -0.05) is 84.9 Å². The summed E-state index contributed by atoms with van der Waals surface area (Å²) in [5, 5.41) is 12.8.